The van der Waals surface area contributed by atoms with Gasteiger partial charge in [-0.25, -0.2) is 0 Å². The quantitative estimate of drug-likeness (QED) is 0.374. The van der Waals surface area contributed by atoms with E-state index in [1.807, 2.05) is 6.07 Å². The summed E-state index contributed by atoms with van der Waals surface area (Å²) in [6, 6.07) is 11.8. The van der Waals surface area contributed by atoms with Crippen molar-refractivity contribution in [3.8, 4) is 29.1 Å². The Bertz CT molecular complexity index is 1000. The molecular weight excluding hydrogens is 514 g/mol. The summed E-state index contributed by atoms with van der Waals surface area (Å²) in [5.74, 6) is 1.71. The maximum absolute atomic E-state index is 9.33. The van der Waals surface area contributed by atoms with Gasteiger partial charge in [-0.2, -0.15) is 5.26 Å². The van der Waals surface area contributed by atoms with Gasteiger partial charge in [0.2, 0.25) is 0 Å². The minimum Gasteiger partial charge on any atom is -0.543 e. The van der Waals surface area contributed by atoms with Crippen molar-refractivity contribution >= 4 is 32.6 Å². The average molecular weight is 553 g/mol. The molecule has 0 aliphatic heterocycles. The average Bonchev–Trinajstić information content (AvgIpc) is 2.64. The lowest BCUT2D eigenvalue weighted by atomic mass is 10.2. The van der Waals surface area contributed by atoms with Gasteiger partial charge >= 0.3 is 0 Å². The number of nitrogens with zero attached hydrogens (tertiary/aromatic N) is 1. The predicted octanol–water partition coefficient (Wildman–Crippen LogP) is 8.19. The zero-order chi connectivity index (χ0) is 25.8. The maximum atomic E-state index is 9.33. The van der Waals surface area contributed by atoms with Gasteiger partial charge in [-0.15, -0.1) is 0 Å². The van der Waals surface area contributed by atoms with Crippen LogP contribution >= 0.6 is 15.9 Å². The lowest BCUT2D eigenvalue weighted by Gasteiger charge is -2.36. The lowest BCUT2D eigenvalue weighted by Crippen LogP contribution is -2.44. The van der Waals surface area contributed by atoms with Gasteiger partial charge in [0.1, 0.15) is 29.1 Å². The van der Waals surface area contributed by atoms with Crippen molar-refractivity contribution in [2.24, 2.45) is 0 Å². The molecule has 0 atom stereocenters. The third kappa shape index (κ3) is 8.09. The van der Waals surface area contributed by atoms with Crippen LogP contribution in [-0.4, -0.2) is 26.8 Å². The predicted molar refractivity (Wildman–Crippen MR) is 144 cm³/mol. The van der Waals surface area contributed by atoms with Crippen LogP contribution in [0.15, 0.2) is 40.9 Å². The number of phenolic OH excluding ortho intramolecular Hbond substituents is 2. The number of aromatic hydroxyl groups is 2. The van der Waals surface area contributed by atoms with E-state index in [0.29, 0.717) is 11.3 Å². The summed E-state index contributed by atoms with van der Waals surface area (Å²) < 4.78 is 13.0. The molecule has 0 aliphatic rings. The minimum absolute atomic E-state index is 0.0810. The summed E-state index contributed by atoms with van der Waals surface area (Å²) in [5, 5.41) is 27.9. The molecule has 2 N–H and O–H groups in total. The van der Waals surface area contributed by atoms with E-state index in [1.54, 1.807) is 30.3 Å². The highest BCUT2D eigenvalue weighted by atomic mass is 79.9. The zero-order valence-corrected chi connectivity index (χ0v) is 25.1. The summed E-state index contributed by atoms with van der Waals surface area (Å²) >= 11 is 3.40. The van der Waals surface area contributed by atoms with Crippen molar-refractivity contribution in [2.75, 3.05) is 0 Å². The molecule has 0 radical (unpaired) electrons. The van der Waals surface area contributed by atoms with E-state index in [4.69, 9.17) is 14.1 Å². The van der Waals surface area contributed by atoms with Crippen LogP contribution in [0.4, 0.5) is 0 Å². The van der Waals surface area contributed by atoms with E-state index < -0.39 is 16.6 Å². The third-order valence-electron chi connectivity index (χ3n) is 6.34. The molecule has 33 heavy (non-hydrogen) atoms. The van der Waals surface area contributed by atoms with Gasteiger partial charge in [0, 0.05) is 6.07 Å². The third-order valence-corrected chi connectivity index (χ3v) is 15.6. The number of nitriles is 1. The molecule has 0 heterocycles. The topological polar surface area (TPSA) is 82.7 Å². The van der Waals surface area contributed by atoms with E-state index in [0.717, 1.165) is 10.2 Å². The highest BCUT2D eigenvalue weighted by Gasteiger charge is 2.40. The van der Waals surface area contributed by atoms with E-state index in [1.165, 1.54) is 6.07 Å². The largest absolute Gasteiger partial charge is 0.543 e. The van der Waals surface area contributed by atoms with Crippen LogP contribution in [0.25, 0.3) is 0 Å². The number of rotatable bonds is 4. The first kappa shape index (κ1) is 29.1. The summed E-state index contributed by atoms with van der Waals surface area (Å²) in [7, 11) is -3.75. The fourth-order valence-corrected chi connectivity index (χ4v) is 4.79. The monoisotopic (exact) mass is 551 g/mol. The van der Waals surface area contributed by atoms with Crippen LogP contribution in [0.5, 0.6) is 23.0 Å². The van der Waals surface area contributed by atoms with E-state index >= 15 is 0 Å². The first-order valence-corrected chi connectivity index (χ1v) is 17.5. The van der Waals surface area contributed by atoms with Gasteiger partial charge in [0.15, 0.2) is 0 Å². The Morgan fingerprint density at radius 3 is 1.55 bits per heavy atom. The van der Waals surface area contributed by atoms with Crippen molar-refractivity contribution in [3.05, 3.63) is 46.4 Å². The number of halogens is 1. The Kier molecular flexibility index (Phi) is 9.28. The fraction of sp³-hybridized carbons (Fsp3) is 0.480. The Labute approximate surface area is 209 Å². The zero-order valence-electron chi connectivity index (χ0n) is 21.5. The Balaban J connectivity index is 0.000000331. The van der Waals surface area contributed by atoms with Crippen LogP contribution in [0.1, 0.15) is 47.1 Å². The maximum Gasteiger partial charge on any atom is 0.250 e. The summed E-state index contributed by atoms with van der Waals surface area (Å²) in [6.45, 7) is 21.7. The molecule has 182 valence electrons. The van der Waals surface area contributed by atoms with Crippen LogP contribution in [0.3, 0.4) is 0 Å². The molecule has 0 amide bonds. The molecule has 0 aromatic heterocycles. The number of hydrogen-bond acceptors (Lipinski definition) is 5. The molecule has 0 bridgehead atoms. The van der Waals surface area contributed by atoms with Crippen LogP contribution < -0.4 is 8.85 Å². The van der Waals surface area contributed by atoms with Crippen molar-refractivity contribution in [1.82, 2.24) is 0 Å². The molecular formula is C25H38BrNO4Si2. The van der Waals surface area contributed by atoms with Crippen LogP contribution in [0.2, 0.25) is 36.3 Å². The van der Waals surface area contributed by atoms with E-state index in [2.05, 4.69) is 83.7 Å². The summed E-state index contributed by atoms with van der Waals surface area (Å²) in [4.78, 5) is 0. The molecule has 2 aromatic rings. The SMILES string of the molecule is CC(C)(C)[Si](C)(C)Oc1ccc(O)cc1Br.CC(C)(C)[Si](C)(C)Oc1ccc(O)cc1C#N. The van der Waals surface area contributed by atoms with E-state index in [-0.39, 0.29) is 21.6 Å². The molecule has 2 rings (SSSR count). The number of hydrogen-bond donors (Lipinski definition) is 2. The van der Waals surface area contributed by atoms with Gasteiger partial charge < -0.3 is 19.1 Å². The molecule has 0 aliphatic carbocycles. The normalized spacial score (nSPS) is 12.3. The van der Waals surface area contributed by atoms with Crippen LogP contribution in [-0.2, 0) is 0 Å². The summed E-state index contributed by atoms with van der Waals surface area (Å²) in [6.07, 6.45) is 0. The number of benzene rings is 2. The van der Waals surface area contributed by atoms with Gasteiger partial charge in [-0.3, -0.25) is 0 Å². The van der Waals surface area contributed by atoms with Crippen molar-refractivity contribution in [2.45, 2.75) is 77.8 Å². The van der Waals surface area contributed by atoms with Gasteiger partial charge in [0.05, 0.1) is 10.0 Å². The molecule has 0 saturated heterocycles. The van der Waals surface area contributed by atoms with Crippen molar-refractivity contribution in [3.63, 3.8) is 0 Å². The fourth-order valence-electron chi connectivity index (χ4n) is 2.12. The first-order chi connectivity index (χ1) is 14.8. The first-order valence-electron chi connectivity index (χ1n) is 10.9. The van der Waals surface area contributed by atoms with Crippen LogP contribution in [0, 0.1) is 11.3 Å². The van der Waals surface area contributed by atoms with Crippen molar-refractivity contribution < 1.29 is 19.1 Å². The highest BCUT2D eigenvalue weighted by Crippen LogP contribution is 2.40. The molecule has 0 fully saturated rings. The van der Waals surface area contributed by atoms with Gasteiger partial charge in [0.25, 0.3) is 16.6 Å². The van der Waals surface area contributed by atoms with Gasteiger partial charge in [-0.05, 0) is 82.5 Å². The highest BCUT2D eigenvalue weighted by molar-refractivity contribution is 9.10. The summed E-state index contributed by atoms with van der Waals surface area (Å²) in [5.41, 5.74) is 0.384. The molecule has 0 unspecified atom stereocenters. The van der Waals surface area contributed by atoms with Crippen molar-refractivity contribution in [1.29, 1.82) is 5.26 Å². The molecule has 5 nitrogen and oxygen atoms in total. The number of phenols is 2. The second kappa shape index (κ2) is 10.5. The standard InChI is InChI=1S/C13H19NO2Si.C12H19BrO2Si/c1-13(2,3)17(4,5)16-12-7-6-11(15)8-10(12)9-14;1-12(2,3)16(4,5)15-11-7-6-9(14)8-10(11)13/h6-8,15H,1-5H3;6-8,14H,1-5H3. The van der Waals surface area contributed by atoms with Gasteiger partial charge in [-0.1, -0.05) is 41.5 Å². The Morgan fingerprint density at radius 1 is 0.758 bits per heavy atom. The Hall–Kier alpha value is -1.96. The second-order valence-electron chi connectivity index (χ2n) is 11.1. The molecule has 0 spiro atoms. The lowest BCUT2D eigenvalue weighted by molar-refractivity contribution is 0.467. The minimum atomic E-state index is -1.94. The molecule has 2 aromatic carbocycles. The van der Waals surface area contributed by atoms with E-state index in [9.17, 15) is 10.2 Å². The molecule has 8 heteroatoms. The smallest absolute Gasteiger partial charge is 0.250 e. The Morgan fingerprint density at radius 2 is 1.15 bits per heavy atom. The molecule has 0 saturated carbocycles. The second-order valence-corrected chi connectivity index (χ2v) is 21.4.